The predicted octanol–water partition coefficient (Wildman–Crippen LogP) is 4.70. The Balaban J connectivity index is 0.000000401. The maximum atomic E-state index is 14.9. The molecule has 0 unspecified atom stereocenters. The Hall–Kier alpha value is -3.44. The van der Waals surface area contributed by atoms with Gasteiger partial charge in [0, 0.05) is 25.2 Å². The summed E-state index contributed by atoms with van der Waals surface area (Å²) in [7, 11) is 1.53. The van der Waals surface area contributed by atoms with Crippen LogP contribution in [0.5, 0.6) is 0 Å². The van der Waals surface area contributed by atoms with E-state index in [9.17, 15) is 8.78 Å². The Labute approximate surface area is 178 Å². The third-order valence-electron chi connectivity index (χ3n) is 4.86. The van der Waals surface area contributed by atoms with Crippen LogP contribution in [0.2, 0.25) is 0 Å². The van der Waals surface area contributed by atoms with E-state index in [0.717, 1.165) is 12.8 Å². The number of rotatable bonds is 5. The lowest BCUT2D eigenvalue weighted by Crippen LogP contribution is -2.21. The number of aromatic nitrogens is 4. The number of fused-ring (bicyclic) bond motifs is 3. The third-order valence-corrected chi connectivity index (χ3v) is 4.86. The molecule has 8 heteroatoms. The standard InChI is InChI=1S/C18H11F2N5.C5H12O/c1-25-16-12-8-11(9-21)5-6-13(12)23-10-14(16)24-17(25)18(19,20)15-4-2-3-7-22-15;1-2-3-4-5-6/h2-8,10H,1H3;6H,2-5H2,1H3. The molecule has 6 nitrogen and oxygen atoms in total. The first-order valence-electron chi connectivity index (χ1n) is 10.00. The number of imidazole rings is 1. The summed E-state index contributed by atoms with van der Waals surface area (Å²) in [6.45, 7) is 2.48. The van der Waals surface area contributed by atoms with E-state index in [2.05, 4.69) is 27.9 Å². The molecule has 0 spiro atoms. The van der Waals surface area contributed by atoms with Gasteiger partial charge in [-0.15, -0.1) is 0 Å². The second-order valence-electron chi connectivity index (χ2n) is 7.05. The van der Waals surface area contributed by atoms with E-state index in [0.29, 0.717) is 34.1 Å². The van der Waals surface area contributed by atoms with E-state index in [1.54, 1.807) is 24.3 Å². The summed E-state index contributed by atoms with van der Waals surface area (Å²) in [5.41, 5.74) is 1.52. The normalized spacial score (nSPS) is 11.2. The van der Waals surface area contributed by atoms with Crippen molar-refractivity contribution in [2.45, 2.75) is 32.1 Å². The van der Waals surface area contributed by atoms with Crippen molar-refractivity contribution in [3.8, 4) is 6.07 Å². The summed E-state index contributed by atoms with van der Waals surface area (Å²) in [6.07, 6.45) is 6.11. The largest absolute Gasteiger partial charge is 0.396 e. The van der Waals surface area contributed by atoms with Gasteiger partial charge in [-0.3, -0.25) is 9.97 Å². The van der Waals surface area contributed by atoms with Crippen LogP contribution in [-0.4, -0.2) is 31.2 Å². The minimum atomic E-state index is -3.35. The molecule has 0 fully saturated rings. The van der Waals surface area contributed by atoms with Crippen LogP contribution in [0.3, 0.4) is 0 Å². The maximum Gasteiger partial charge on any atom is 0.346 e. The van der Waals surface area contributed by atoms with Gasteiger partial charge in [0.2, 0.25) is 0 Å². The monoisotopic (exact) mass is 423 g/mol. The van der Waals surface area contributed by atoms with E-state index in [1.807, 2.05) is 0 Å². The fraction of sp³-hybridized carbons (Fsp3) is 0.304. The van der Waals surface area contributed by atoms with Gasteiger partial charge in [0.1, 0.15) is 11.2 Å². The van der Waals surface area contributed by atoms with E-state index in [-0.39, 0.29) is 5.69 Å². The zero-order valence-corrected chi connectivity index (χ0v) is 17.4. The molecule has 0 aliphatic rings. The number of hydrogen-bond donors (Lipinski definition) is 1. The van der Waals surface area contributed by atoms with Crippen LogP contribution in [0.1, 0.15) is 43.3 Å². The molecule has 160 valence electrons. The van der Waals surface area contributed by atoms with Crippen LogP contribution in [0.25, 0.3) is 21.9 Å². The van der Waals surface area contributed by atoms with Crippen LogP contribution in [-0.2, 0) is 13.0 Å². The average Bonchev–Trinajstić information content (AvgIpc) is 3.16. The molecule has 0 aliphatic carbocycles. The summed E-state index contributed by atoms with van der Waals surface area (Å²) in [6, 6.07) is 11.4. The van der Waals surface area contributed by atoms with Crippen molar-refractivity contribution < 1.29 is 13.9 Å². The Morgan fingerprint density at radius 2 is 1.94 bits per heavy atom. The highest BCUT2D eigenvalue weighted by molar-refractivity contribution is 6.02. The van der Waals surface area contributed by atoms with Crippen LogP contribution in [0.4, 0.5) is 8.78 Å². The molecule has 4 aromatic rings. The highest BCUT2D eigenvalue weighted by Gasteiger charge is 2.40. The van der Waals surface area contributed by atoms with E-state index in [1.165, 1.54) is 42.6 Å². The summed E-state index contributed by atoms with van der Waals surface area (Å²) in [5.74, 6) is -3.77. The smallest absolute Gasteiger partial charge is 0.346 e. The van der Waals surface area contributed by atoms with Crippen LogP contribution < -0.4 is 0 Å². The highest BCUT2D eigenvalue weighted by atomic mass is 19.3. The first-order chi connectivity index (χ1) is 14.9. The molecule has 0 atom stereocenters. The molecule has 3 heterocycles. The molecule has 0 radical (unpaired) electrons. The maximum absolute atomic E-state index is 14.9. The SMILES string of the molecule is CCCCCO.Cn1c(C(F)(F)c2ccccn2)nc2cnc3ccc(C#N)cc3c21. The number of benzene rings is 1. The molecule has 4 rings (SSSR count). The van der Waals surface area contributed by atoms with E-state index < -0.39 is 11.7 Å². The highest BCUT2D eigenvalue weighted by Crippen LogP contribution is 2.36. The fourth-order valence-corrected chi connectivity index (χ4v) is 3.27. The van der Waals surface area contributed by atoms with Crippen molar-refractivity contribution in [2.75, 3.05) is 6.61 Å². The lowest BCUT2D eigenvalue weighted by atomic mass is 10.1. The van der Waals surface area contributed by atoms with Crippen molar-refractivity contribution in [3.63, 3.8) is 0 Å². The first kappa shape index (κ1) is 22.2. The molecule has 3 aromatic heterocycles. The second kappa shape index (κ2) is 9.58. The van der Waals surface area contributed by atoms with E-state index >= 15 is 0 Å². The number of aryl methyl sites for hydroxylation is 1. The van der Waals surface area contributed by atoms with Gasteiger partial charge in [0.15, 0.2) is 5.82 Å². The minimum Gasteiger partial charge on any atom is -0.396 e. The third kappa shape index (κ3) is 4.52. The molecule has 31 heavy (non-hydrogen) atoms. The summed E-state index contributed by atoms with van der Waals surface area (Å²) in [5, 5.41) is 17.9. The van der Waals surface area contributed by atoms with Crippen LogP contribution in [0, 0.1) is 11.3 Å². The number of nitrogens with zero attached hydrogens (tertiary/aromatic N) is 5. The Morgan fingerprint density at radius 3 is 2.55 bits per heavy atom. The van der Waals surface area contributed by atoms with Crippen molar-refractivity contribution in [3.05, 3.63) is 65.9 Å². The number of aliphatic hydroxyl groups is 1. The quantitative estimate of drug-likeness (QED) is 0.470. The van der Waals surface area contributed by atoms with Crippen molar-refractivity contribution in [1.29, 1.82) is 5.26 Å². The molecular weight excluding hydrogens is 400 g/mol. The number of aliphatic hydroxyl groups excluding tert-OH is 1. The van der Waals surface area contributed by atoms with Gasteiger partial charge in [0.05, 0.1) is 28.9 Å². The van der Waals surface area contributed by atoms with Gasteiger partial charge in [-0.1, -0.05) is 25.8 Å². The zero-order valence-electron chi connectivity index (χ0n) is 17.4. The van der Waals surface area contributed by atoms with Gasteiger partial charge in [-0.05, 0) is 36.8 Å². The number of alkyl halides is 2. The number of halogens is 2. The Bertz CT molecular complexity index is 1210. The van der Waals surface area contributed by atoms with Gasteiger partial charge in [-0.2, -0.15) is 14.0 Å². The fourth-order valence-electron chi connectivity index (χ4n) is 3.27. The topological polar surface area (TPSA) is 87.6 Å². The average molecular weight is 423 g/mol. The van der Waals surface area contributed by atoms with Gasteiger partial charge in [0.25, 0.3) is 0 Å². The van der Waals surface area contributed by atoms with Gasteiger partial charge >= 0.3 is 5.92 Å². The first-order valence-corrected chi connectivity index (χ1v) is 10.00. The molecule has 0 aliphatic heterocycles. The molecule has 1 N–H and O–H groups in total. The molecule has 0 amide bonds. The minimum absolute atomic E-state index is 0.343. The Morgan fingerprint density at radius 1 is 1.13 bits per heavy atom. The summed E-state index contributed by atoms with van der Waals surface area (Å²) < 4.78 is 31.2. The number of unbranched alkanes of at least 4 members (excludes halogenated alkanes) is 2. The summed E-state index contributed by atoms with van der Waals surface area (Å²) >= 11 is 0. The number of nitriles is 1. The summed E-state index contributed by atoms with van der Waals surface area (Å²) in [4.78, 5) is 12.1. The molecular formula is C23H23F2N5O. The van der Waals surface area contributed by atoms with Crippen molar-refractivity contribution in [1.82, 2.24) is 19.5 Å². The molecule has 0 bridgehead atoms. The van der Waals surface area contributed by atoms with Gasteiger partial charge < -0.3 is 9.67 Å². The van der Waals surface area contributed by atoms with Crippen molar-refractivity contribution >= 4 is 21.9 Å². The van der Waals surface area contributed by atoms with E-state index in [4.69, 9.17) is 10.4 Å². The molecule has 0 saturated carbocycles. The van der Waals surface area contributed by atoms with Crippen LogP contribution >= 0.6 is 0 Å². The van der Waals surface area contributed by atoms with Crippen molar-refractivity contribution in [2.24, 2.45) is 7.05 Å². The second-order valence-corrected chi connectivity index (χ2v) is 7.05. The predicted molar refractivity (Wildman–Crippen MR) is 115 cm³/mol. The number of pyridine rings is 2. The Kier molecular flexibility index (Phi) is 6.88. The van der Waals surface area contributed by atoms with Gasteiger partial charge in [-0.25, -0.2) is 4.98 Å². The molecule has 0 saturated heterocycles. The lowest BCUT2D eigenvalue weighted by Gasteiger charge is -2.15. The number of hydrogen-bond acceptors (Lipinski definition) is 5. The molecule has 1 aromatic carbocycles. The van der Waals surface area contributed by atoms with Crippen LogP contribution in [0.15, 0.2) is 48.8 Å². The lowest BCUT2D eigenvalue weighted by molar-refractivity contribution is 0.0258. The zero-order chi connectivity index (χ0) is 22.4.